The standard InChI is InChI=1S/C26H22ClNO3/c1-15-12-16(2)24-20(13-15)23(26(29)31-22-11-6-5-10-21(22)30-4)17(3)25(28-24)18-8-7-9-19(27)14-18/h5-14H,1-4H3. The molecule has 3 aromatic carbocycles. The Bertz CT molecular complexity index is 1310. The van der Waals surface area contributed by atoms with Crippen LogP contribution in [0.4, 0.5) is 0 Å². The van der Waals surface area contributed by atoms with Gasteiger partial charge in [-0.3, -0.25) is 0 Å². The van der Waals surface area contributed by atoms with Crippen molar-refractivity contribution in [3.05, 3.63) is 87.9 Å². The van der Waals surface area contributed by atoms with Crippen LogP contribution in [0.5, 0.6) is 11.5 Å². The Morgan fingerprint density at radius 1 is 0.935 bits per heavy atom. The molecule has 0 atom stereocenters. The minimum Gasteiger partial charge on any atom is -0.493 e. The fraction of sp³-hybridized carbons (Fsp3) is 0.154. The van der Waals surface area contributed by atoms with Gasteiger partial charge in [0.15, 0.2) is 11.5 Å². The third-order valence-electron chi connectivity index (χ3n) is 5.24. The number of carbonyl (C=O) groups excluding carboxylic acids is 1. The first-order valence-corrected chi connectivity index (χ1v) is 10.3. The molecule has 0 aliphatic heterocycles. The second kappa shape index (κ2) is 8.40. The van der Waals surface area contributed by atoms with E-state index in [4.69, 9.17) is 26.1 Å². The Hall–Kier alpha value is -3.37. The van der Waals surface area contributed by atoms with E-state index in [1.807, 2.05) is 57.2 Å². The smallest absolute Gasteiger partial charge is 0.344 e. The van der Waals surface area contributed by atoms with Gasteiger partial charge in [0.2, 0.25) is 0 Å². The average Bonchev–Trinajstić information content (AvgIpc) is 2.73. The van der Waals surface area contributed by atoms with Gasteiger partial charge in [0.05, 0.1) is 23.9 Å². The van der Waals surface area contributed by atoms with Crippen molar-refractivity contribution in [1.82, 2.24) is 4.98 Å². The number of rotatable bonds is 4. The lowest BCUT2D eigenvalue weighted by atomic mass is 9.95. The molecule has 0 radical (unpaired) electrons. The minimum atomic E-state index is -0.456. The Kier molecular flexibility index (Phi) is 5.66. The van der Waals surface area contributed by atoms with E-state index in [-0.39, 0.29) is 0 Å². The number of esters is 1. The molecule has 0 N–H and O–H groups in total. The van der Waals surface area contributed by atoms with Gasteiger partial charge in [-0.05, 0) is 62.2 Å². The average molecular weight is 432 g/mol. The number of halogens is 1. The number of aryl methyl sites for hydroxylation is 2. The van der Waals surface area contributed by atoms with Crippen molar-refractivity contribution in [3.63, 3.8) is 0 Å². The molecule has 0 bridgehead atoms. The molecule has 156 valence electrons. The van der Waals surface area contributed by atoms with Crippen LogP contribution in [-0.4, -0.2) is 18.1 Å². The number of nitrogens with zero attached hydrogens (tertiary/aromatic N) is 1. The van der Waals surface area contributed by atoms with Crippen LogP contribution in [0, 0.1) is 20.8 Å². The summed E-state index contributed by atoms with van der Waals surface area (Å²) in [5, 5.41) is 1.37. The van der Waals surface area contributed by atoms with Crippen molar-refractivity contribution >= 4 is 28.5 Å². The van der Waals surface area contributed by atoms with Crippen molar-refractivity contribution in [2.45, 2.75) is 20.8 Å². The fourth-order valence-electron chi connectivity index (χ4n) is 3.85. The van der Waals surface area contributed by atoms with Crippen molar-refractivity contribution in [3.8, 4) is 22.8 Å². The number of ether oxygens (including phenoxy) is 2. The molecule has 0 saturated carbocycles. The number of fused-ring (bicyclic) bond motifs is 1. The first-order valence-electron chi connectivity index (χ1n) is 9.91. The van der Waals surface area contributed by atoms with Crippen LogP contribution >= 0.6 is 11.6 Å². The van der Waals surface area contributed by atoms with Gasteiger partial charge in [0.25, 0.3) is 0 Å². The number of para-hydroxylation sites is 2. The Balaban J connectivity index is 1.96. The van der Waals surface area contributed by atoms with Crippen LogP contribution in [0.15, 0.2) is 60.7 Å². The number of hydrogen-bond donors (Lipinski definition) is 0. The molecular weight excluding hydrogens is 410 g/mol. The molecule has 0 saturated heterocycles. The number of hydrogen-bond acceptors (Lipinski definition) is 4. The van der Waals surface area contributed by atoms with E-state index in [0.717, 1.165) is 33.2 Å². The minimum absolute atomic E-state index is 0.369. The molecule has 1 heterocycles. The summed E-state index contributed by atoms with van der Waals surface area (Å²) in [6, 6.07) is 18.6. The normalized spacial score (nSPS) is 10.9. The van der Waals surface area contributed by atoms with Gasteiger partial charge in [0.1, 0.15) is 0 Å². The predicted octanol–water partition coefficient (Wildman–Crippen LogP) is 6.71. The van der Waals surface area contributed by atoms with E-state index in [2.05, 4.69) is 6.07 Å². The topological polar surface area (TPSA) is 48.4 Å². The summed E-state index contributed by atoms with van der Waals surface area (Å²) in [7, 11) is 1.55. The van der Waals surface area contributed by atoms with Crippen LogP contribution in [0.1, 0.15) is 27.0 Å². The zero-order valence-electron chi connectivity index (χ0n) is 17.8. The molecule has 0 fully saturated rings. The molecule has 0 amide bonds. The first-order chi connectivity index (χ1) is 14.9. The third-order valence-corrected chi connectivity index (χ3v) is 5.48. The maximum Gasteiger partial charge on any atom is 0.344 e. The molecule has 5 heteroatoms. The van der Waals surface area contributed by atoms with Crippen molar-refractivity contribution in [2.24, 2.45) is 0 Å². The van der Waals surface area contributed by atoms with Gasteiger partial charge in [0, 0.05) is 16.0 Å². The summed E-state index contributed by atoms with van der Waals surface area (Å²) in [6.45, 7) is 5.88. The Labute approximate surface area is 186 Å². The van der Waals surface area contributed by atoms with Gasteiger partial charge in [-0.2, -0.15) is 0 Å². The van der Waals surface area contributed by atoms with Gasteiger partial charge in [-0.25, -0.2) is 9.78 Å². The SMILES string of the molecule is COc1ccccc1OC(=O)c1c(C)c(-c2cccc(Cl)c2)nc2c(C)cc(C)cc12. The largest absolute Gasteiger partial charge is 0.493 e. The van der Waals surface area contributed by atoms with Crippen LogP contribution in [0.25, 0.3) is 22.2 Å². The maximum atomic E-state index is 13.5. The molecule has 0 aliphatic carbocycles. The van der Waals surface area contributed by atoms with E-state index in [1.165, 1.54) is 0 Å². The van der Waals surface area contributed by atoms with E-state index in [0.29, 0.717) is 27.8 Å². The van der Waals surface area contributed by atoms with Crippen LogP contribution in [0.2, 0.25) is 5.02 Å². The van der Waals surface area contributed by atoms with Crippen LogP contribution < -0.4 is 9.47 Å². The summed E-state index contributed by atoms with van der Waals surface area (Å²) in [5.74, 6) is 0.407. The number of carbonyl (C=O) groups is 1. The Morgan fingerprint density at radius 3 is 2.39 bits per heavy atom. The molecule has 4 nitrogen and oxygen atoms in total. The first kappa shape index (κ1) is 20.9. The van der Waals surface area contributed by atoms with Crippen molar-refractivity contribution in [1.29, 1.82) is 0 Å². The molecule has 4 aromatic rings. The molecule has 0 spiro atoms. The highest BCUT2D eigenvalue weighted by Gasteiger charge is 2.23. The van der Waals surface area contributed by atoms with Gasteiger partial charge in [-0.15, -0.1) is 0 Å². The highest BCUT2D eigenvalue weighted by Crippen LogP contribution is 2.34. The number of benzene rings is 3. The molecule has 1 aromatic heterocycles. The van der Waals surface area contributed by atoms with Crippen LogP contribution in [-0.2, 0) is 0 Å². The van der Waals surface area contributed by atoms with Crippen molar-refractivity contribution in [2.75, 3.05) is 7.11 Å². The van der Waals surface area contributed by atoms with E-state index in [9.17, 15) is 4.79 Å². The second-order valence-corrected chi connectivity index (χ2v) is 7.93. The summed E-state index contributed by atoms with van der Waals surface area (Å²) in [4.78, 5) is 18.4. The lowest BCUT2D eigenvalue weighted by Crippen LogP contribution is -2.13. The summed E-state index contributed by atoms with van der Waals surface area (Å²) in [6.07, 6.45) is 0. The van der Waals surface area contributed by atoms with Gasteiger partial charge >= 0.3 is 5.97 Å². The number of pyridine rings is 1. The van der Waals surface area contributed by atoms with E-state index < -0.39 is 5.97 Å². The zero-order chi connectivity index (χ0) is 22.1. The lowest BCUT2D eigenvalue weighted by molar-refractivity contribution is 0.0731. The van der Waals surface area contributed by atoms with E-state index in [1.54, 1.807) is 25.3 Å². The summed E-state index contributed by atoms with van der Waals surface area (Å²) >= 11 is 6.23. The third kappa shape index (κ3) is 3.99. The predicted molar refractivity (Wildman–Crippen MR) is 124 cm³/mol. The van der Waals surface area contributed by atoms with Crippen LogP contribution in [0.3, 0.4) is 0 Å². The zero-order valence-corrected chi connectivity index (χ0v) is 18.6. The Morgan fingerprint density at radius 2 is 1.68 bits per heavy atom. The number of aromatic nitrogens is 1. The van der Waals surface area contributed by atoms with Gasteiger partial charge < -0.3 is 9.47 Å². The molecule has 0 aliphatic rings. The summed E-state index contributed by atoms with van der Waals surface area (Å²) < 4.78 is 11.1. The van der Waals surface area contributed by atoms with E-state index >= 15 is 0 Å². The molecule has 0 unspecified atom stereocenters. The summed E-state index contributed by atoms with van der Waals surface area (Å²) in [5.41, 5.74) is 5.57. The maximum absolute atomic E-state index is 13.5. The molecule has 31 heavy (non-hydrogen) atoms. The number of methoxy groups -OCH3 is 1. The highest BCUT2D eigenvalue weighted by molar-refractivity contribution is 6.30. The molecular formula is C26H22ClNO3. The fourth-order valence-corrected chi connectivity index (χ4v) is 4.04. The monoisotopic (exact) mass is 431 g/mol. The lowest BCUT2D eigenvalue weighted by Gasteiger charge is -2.16. The molecule has 4 rings (SSSR count). The quantitative estimate of drug-likeness (QED) is 0.266. The van der Waals surface area contributed by atoms with Gasteiger partial charge in [-0.1, -0.05) is 47.5 Å². The highest BCUT2D eigenvalue weighted by atomic mass is 35.5. The second-order valence-electron chi connectivity index (χ2n) is 7.49. The van der Waals surface area contributed by atoms with Crippen molar-refractivity contribution < 1.29 is 14.3 Å².